The number of nitrogens with zero attached hydrogens (tertiary/aromatic N) is 2. The Bertz CT molecular complexity index is 520. The van der Waals surface area contributed by atoms with Gasteiger partial charge in [-0.3, -0.25) is 4.79 Å². The fourth-order valence-electron chi connectivity index (χ4n) is 1.70. The molecule has 1 rings (SSSR count). The molecular formula is C13H17BrIN3O2. The molecule has 0 saturated heterocycles. The molecule has 0 radical (unpaired) electrons. The Kier molecular flexibility index (Phi) is 6.74. The number of hydrogen-bond acceptors (Lipinski definition) is 3. The highest BCUT2D eigenvalue weighted by atomic mass is 127. The van der Waals surface area contributed by atoms with Crippen molar-refractivity contribution < 1.29 is 10.0 Å². The van der Waals surface area contributed by atoms with Crippen LogP contribution in [0.1, 0.15) is 30.6 Å². The zero-order chi connectivity index (χ0) is 15.3. The Morgan fingerprint density at radius 1 is 1.55 bits per heavy atom. The summed E-state index contributed by atoms with van der Waals surface area (Å²) in [5, 5.41) is 11.5. The fourth-order valence-corrected chi connectivity index (χ4v) is 2.60. The molecule has 20 heavy (non-hydrogen) atoms. The molecule has 0 aliphatic carbocycles. The lowest BCUT2D eigenvalue weighted by molar-refractivity contribution is 0.0710. The predicted octanol–water partition coefficient (Wildman–Crippen LogP) is 3.04. The Morgan fingerprint density at radius 2 is 2.20 bits per heavy atom. The Morgan fingerprint density at radius 3 is 2.75 bits per heavy atom. The lowest BCUT2D eigenvalue weighted by Gasteiger charge is -2.27. The molecule has 0 heterocycles. The van der Waals surface area contributed by atoms with Crippen LogP contribution in [0, 0.1) is 3.57 Å². The van der Waals surface area contributed by atoms with Crippen molar-refractivity contribution in [2.75, 3.05) is 6.54 Å². The van der Waals surface area contributed by atoms with E-state index in [4.69, 9.17) is 10.9 Å². The van der Waals surface area contributed by atoms with Crippen molar-refractivity contribution in [3.8, 4) is 0 Å². The summed E-state index contributed by atoms with van der Waals surface area (Å²) in [5.74, 6) is 0.0429. The van der Waals surface area contributed by atoms with Crippen molar-refractivity contribution in [3.63, 3.8) is 0 Å². The number of carbonyl (C=O) groups is 1. The largest absolute Gasteiger partial charge is 0.409 e. The number of nitrogens with two attached hydrogens (primary N) is 1. The van der Waals surface area contributed by atoms with Crippen LogP contribution in [0.25, 0.3) is 0 Å². The van der Waals surface area contributed by atoms with Gasteiger partial charge in [0.2, 0.25) is 0 Å². The van der Waals surface area contributed by atoms with E-state index in [0.29, 0.717) is 18.5 Å². The number of amides is 1. The molecule has 0 aliphatic rings. The van der Waals surface area contributed by atoms with Crippen molar-refractivity contribution >= 4 is 50.3 Å². The zero-order valence-corrected chi connectivity index (χ0v) is 15.1. The molecule has 0 bridgehead atoms. The molecule has 7 heteroatoms. The monoisotopic (exact) mass is 453 g/mol. The van der Waals surface area contributed by atoms with Gasteiger partial charge in [-0.2, -0.15) is 0 Å². The van der Waals surface area contributed by atoms with Gasteiger partial charge in [0, 0.05) is 27.1 Å². The van der Waals surface area contributed by atoms with E-state index in [9.17, 15) is 4.79 Å². The molecule has 0 aromatic heterocycles. The fraction of sp³-hybridized carbons (Fsp3) is 0.385. The van der Waals surface area contributed by atoms with Crippen LogP contribution in [0.15, 0.2) is 27.8 Å². The molecule has 0 fully saturated rings. The van der Waals surface area contributed by atoms with E-state index >= 15 is 0 Å². The molecule has 1 amide bonds. The predicted molar refractivity (Wildman–Crippen MR) is 91.1 cm³/mol. The standard InChI is InChI=1S/C13H17BrIN3O2/c1-8(2)18(6-5-12(16)17-20)13(19)10-7-9(15)3-4-11(10)14/h3-4,7-8,20H,5-6H2,1-2H3,(H2,16,17). The number of hydrogen-bond donors (Lipinski definition) is 2. The number of carbonyl (C=O) groups excluding carboxylic acids is 1. The van der Waals surface area contributed by atoms with Gasteiger partial charge in [0.15, 0.2) is 0 Å². The normalized spacial score (nSPS) is 11.8. The molecule has 0 spiro atoms. The summed E-state index contributed by atoms with van der Waals surface area (Å²) in [5.41, 5.74) is 6.08. The first-order valence-corrected chi connectivity index (χ1v) is 7.96. The van der Waals surface area contributed by atoms with Gasteiger partial charge in [0.25, 0.3) is 5.91 Å². The van der Waals surface area contributed by atoms with E-state index in [1.807, 2.05) is 32.0 Å². The third-order valence-corrected chi connectivity index (χ3v) is 4.14. The SMILES string of the molecule is CC(C)N(CC/C(N)=N/O)C(=O)c1cc(I)ccc1Br. The van der Waals surface area contributed by atoms with Gasteiger partial charge in [-0.25, -0.2) is 0 Å². The van der Waals surface area contributed by atoms with Crippen LogP contribution >= 0.6 is 38.5 Å². The van der Waals surface area contributed by atoms with Crippen molar-refractivity contribution in [3.05, 3.63) is 31.8 Å². The minimum Gasteiger partial charge on any atom is -0.409 e. The summed E-state index contributed by atoms with van der Waals surface area (Å²) in [7, 11) is 0. The zero-order valence-electron chi connectivity index (χ0n) is 11.3. The molecule has 5 nitrogen and oxygen atoms in total. The maximum absolute atomic E-state index is 12.6. The number of amidine groups is 1. The lowest BCUT2D eigenvalue weighted by Crippen LogP contribution is -2.39. The molecular weight excluding hydrogens is 437 g/mol. The van der Waals surface area contributed by atoms with Gasteiger partial charge in [-0.15, -0.1) is 0 Å². The smallest absolute Gasteiger partial charge is 0.255 e. The van der Waals surface area contributed by atoms with Crippen molar-refractivity contribution in [2.45, 2.75) is 26.3 Å². The molecule has 110 valence electrons. The van der Waals surface area contributed by atoms with E-state index in [1.165, 1.54) is 0 Å². The minimum atomic E-state index is -0.0730. The van der Waals surface area contributed by atoms with Gasteiger partial charge < -0.3 is 15.8 Å². The van der Waals surface area contributed by atoms with Crippen LogP contribution in [0.3, 0.4) is 0 Å². The van der Waals surface area contributed by atoms with Crippen LogP contribution in [-0.4, -0.2) is 34.4 Å². The first kappa shape index (κ1) is 17.2. The Hall–Kier alpha value is -0.830. The van der Waals surface area contributed by atoms with E-state index in [0.717, 1.165) is 8.04 Å². The summed E-state index contributed by atoms with van der Waals surface area (Å²) in [6.45, 7) is 4.28. The van der Waals surface area contributed by atoms with E-state index < -0.39 is 0 Å². The van der Waals surface area contributed by atoms with Gasteiger partial charge >= 0.3 is 0 Å². The highest BCUT2D eigenvalue weighted by Crippen LogP contribution is 2.22. The maximum Gasteiger partial charge on any atom is 0.255 e. The molecule has 0 aliphatic heterocycles. The first-order valence-electron chi connectivity index (χ1n) is 6.09. The topological polar surface area (TPSA) is 78.9 Å². The van der Waals surface area contributed by atoms with Gasteiger partial charge in [0.1, 0.15) is 5.84 Å². The average molecular weight is 454 g/mol. The summed E-state index contributed by atoms with van der Waals surface area (Å²) >= 11 is 5.57. The van der Waals surface area contributed by atoms with Crippen LogP contribution in [0.5, 0.6) is 0 Å². The van der Waals surface area contributed by atoms with Crippen LogP contribution in [0.2, 0.25) is 0 Å². The highest BCUT2D eigenvalue weighted by molar-refractivity contribution is 14.1. The second kappa shape index (κ2) is 7.82. The lowest BCUT2D eigenvalue weighted by atomic mass is 10.1. The van der Waals surface area contributed by atoms with Crippen molar-refractivity contribution in [1.82, 2.24) is 4.90 Å². The van der Waals surface area contributed by atoms with Crippen LogP contribution in [0.4, 0.5) is 0 Å². The summed E-state index contributed by atoms with van der Waals surface area (Å²) in [4.78, 5) is 14.3. The number of rotatable bonds is 5. The maximum atomic E-state index is 12.6. The highest BCUT2D eigenvalue weighted by Gasteiger charge is 2.21. The quantitative estimate of drug-likeness (QED) is 0.236. The van der Waals surface area contributed by atoms with E-state index in [-0.39, 0.29) is 17.8 Å². The minimum absolute atomic E-state index is 0.0266. The van der Waals surface area contributed by atoms with E-state index in [1.54, 1.807) is 4.90 Å². The van der Waals surface area contributed by atoms with Crippen molar-refractivity contribution in [1.29, 1.82) is 0 Å². The molecule has 1 aromatic rings. The first-order chi connectivity index (χ1) is 9.36. The number of halogens is 2. The van der Waals surface area contributed by atoms with Gasteiger partial charge in [-0.05, 0) is 70.6 Å². The summed E-state index contributed by atoms with van der Waals surface area (Å²) in [6, 6.07) is 5.65. The van der Waals surface area contributed by atoms with Gasteiger partial charge in [0.05, 0.1) is 5.56 Å². The van der Waals surface area contributed by atoms with Crippen LogP contribution in [-0.2, 0) is 0 Å². The Balaban J connectivity index is 2.97. The summed E-state index contributed by atoms with van der Waals surface area (Å²) < 4.78 is 1.76. The average Bonchev–Trinajstić information content (AvgIpc) is 2.40. The van der Waals surface area contributed by atoms with Crippen LogP contribution < -0.4 is 5.73 Å². The molecule has 0 saturated carbocycles. The summed E-state index contributed by atoms with van der Waals surface area (Å²) in [6.07, 6.45) is 0.335. The molecule has 3 N–H and O–H groups in total. The second-order valence-electron chi connectivity index (χ2n) is 4.56. The number of oxime groups is 1. The number of benzene rings is 1. The van der Waals surface area contributed by atoms with Gasteiger partial charge in [-0.1, -0.05) is 5.16 Å². The van der Waals surface area contributed by atoms with Crippen molar-refractivity contribution in [2.24, 2.45) is 10.9 Å². The molecule has 0 atom stereocenters. The molecule has 0 unspecified atom stereocenters. The second-order valence-corrected chi connectivity index (χ2v) is 6.66. The van der Waals surface area contributed by atoms with E-state index in [2.05, 4.69) is 43.7 Å². The third-order valence-electron chi connectivity index (χ3n) is 2.78. The Labute approximate surface area is 140 Å². The molecule has 1 aromatic carbocycles. The third kappa shape index (κ3) is 4.62.